The van der Waals surface area contributed by atoms with Crippen LogP contribution in [0.15, 0.2) is 0 Å². The second-order valence-corrected chi connectivity index (χ2v) is 24.2. The summed E-state index contributed by atoms with van der Waals surface area (Å²) in [5, 5.41) is 10.9. The van der Waals surface area contributed by atoms with Crippen LogP contribution in [0.3, 0.4) is 0 Å². The van der Waals surface area contributed by atoms with Gasteiger partial charge in [0.2, 0.25) is 0 Å². The van der Waals surface area contributed by atoms with Crippen LogP contribution in [0.2, 0.25) is 0 Å². The zero-order valence-electron chi connectivity index (χ0n) is 26.0. The summed E-state index contributed by atoms with van der Waals surface area (Å²) in [5.41, 5.74) is 0. The number of aliphatic hydroxyl groups is 1. The SMILES string of the molecule is CCCCP(C)(CCCC)(CCCC)OC(=O)CC(O)C(=O)OP(C)(CCCC)(CCCC)CCCC. The van der Waals surface area contributed by atoms with Crippen molar-refractivity contribution < 1.29 is 23.7 Å². The van der Waals surface area contributed by atoms with Crippen LogP contribution >= 0.6 is 13.7 Å². The van der Waals surface area contributed by atoms with E-state index in [1.165, 1.54) is 0 Å². The van der Waals surface area contributed by atoms with E-state index in [4.69, 9.17) is 9.05 Å². The Labute approximate surface area is 230 Å². The summed E-state index contributed by atoms with van der Waals surface area (Å²) in [7, 11) is 0. The van der Waals surface area contributed by atoms with Crippen LogP contribution in [-0.2, 0) is 18.6 Å². The third kappa shape index (κ3) is 13.1. The van der Waals surface area contributed by atoms with Crippen molar-refractivity contribution in [3.8, 4) is 0 Å². The average molecular weight is 567 g/mol. The van der Waals surface area contributed by atoms with Crippen molar-refractivity contribution in [1.82, 2.24) is 0 Å². The summed E-state index contributed by atoms with van der Waals surface area (Å²) >= 11 is 0. The topological polar surface area (TPSA) is 72.8 Å². The molecule has 37 heavy (non-hydrogen) atoms. The van der Waals surface area contributed by atoms with E-state index in [0.717, 1.165) is 114 Å². The predicted octanol–water partition coefficient (Wildman–Crippen LogP) is 8.82. The normalized spacial score (nSPS) is 15.3. The second-order valence-electron chi connectivity index (χ2n) is 12.4. The third-order valence-corrected chi connectivity index (χ3v) is 19.2. The Morgan fingerprint density at radius 3 is 1.11 bits per heavy atom. The molecule has 1 atom stereocenters. The molecule has 0 aliphatic carbocycles. The number of carbonyl (C=O) groups excluding carboxylic acids is 2. The van der Waals surface area contributed by atoms with Crippen LogP contribution in [0, 0.1) is 0 Å². The molecule has 0 saturated carbocycles. The van der Waals surface area contributed by atoms with Gasteiger partial charge in [-0.25, -0.2) is 0 Å². The maximum absolute atomic E-state index is 13.3. The van der Waals surface area contributed by atoms with Gasteiger partial charge < -0.3 is 0 Å². The maximum atomic E-state index is 13.3. The van der Waals surface area contributed by atoms with Gasteiger partial charge in [-0.15, -0.1) is 0 Å². The predicted molar refractivity (Wildman–Crippen MR) is 167 cm³/mol. The first-order valence-electron chi connectivity index (χ1n) is 15.5. The molecule has 5 nitrogen and oxygen atoms in total. The first-order chi connectivity index (χ1) is 17.4. The van der Waals surface area contributed by atoms with Gasteiger partial charge in [-0.2, -0.15) is 0 Å². The van der Waals surface area contributed by atoms with Crippen molar-refractivity contribution in [2.45, 2.75) is 131 Å². The number of aliphatic hydroxyl groups excluding tert-OH is 1. The molecule has 0 bridgehead atoms. The number of carbonyl (C=O) groups is 2. The van der Waals surface area contributed by atoms with E-state index in [-0.39, 0.29) is 6.42 Å². The van der Waals surface area contributed by atoms with E-state index in [1.807, 2.05) is 0 Å². The third-order valence-electron chi connectivity index (χ3n) is 8.25. The molecule has 0 aromatic heterocycles. The van der Waals surface area contributed by atoms with Gasteiger partial charge in [-0.05, 0) is 0 Å². The standard InChI is InChI=1S/C30H64O5P2/c1-9-15-21-36(7,22-16-10-2,23-17-11-3)34-29(32)27-28(31)30(33)35-37(8,24-18-12-4,25-19-13-5)26-20-14-6/h28,31H,9-27H2,1-8H3. The molecule has 0 spiro atoms. The fourth-order valence-corrected chi connectivity index (χ4v) is 16.0. The first-order valence-corrected chi connectivity index (χ1v) is 21.8. The van der Waals surface area contributed by atoms with Crippen LogP contribution in [-0.4, -0.2) is 73.5 Å². The van der Waals surface area contributed by atoms with Gasteiger partial charge in [0.05, 0.1) is 0 Å². The molecule has 1 N–H and O–H groups in total. The molecular weight excluding hydrogens is 502 g/mol. The van der Waals surface area contributed by atoms with Crippen molar-refractivity contribution in [3.05, 3.63) is 0 Å². The Kier molecular flexibility index (Phi) is 17.3. The molecule has 0 amide bonds. The molecule has 224 valence electrons. The average Bonchev–Trinajstić information content (AvgIpc) is 2.87. The van der Waals surface area contributed by atoms with E-state index in [0.29, 0.717) is 0 Å². The van der Waals surface area contributed by atoms with Gasteiger partial charge in [-0.1, -0.05) is 0 Å². The van der Waals surface area contributed by atoms with E-state index in [9.17, 15) is 14.7 Å². The van der Waals surface area contributed by atoms with Crippen LogP contribution in [0.4, 0.5) is 0 Å². The van der Waals surface area contributed by atoms with Crippen molar-refractivity contribution >= 4 is 25.6 Å². The van der Waals surface area contributed by atoms with E-state index in [1.54, 1.807) is 0 Å². The summed E-state index contributed by atoms with van der Waals surface area (Å²) in [6.07, 6.45) is 16.3. The summed E-state index contributed by atoms with van der Waals surface area (Å²) in [6, 6.07) is 0. The molecule has 0 rings (SSSR count). The molecule has 0 aliphatic heterocycles. The zero-order valence-corrected chi connectivity index (χ0v) is 27.8. The van der Waals surface area contributed by atoms with E-state index >= 15 is 0 Å². The van der Waals surface area contributed by atoms with Crippen LogP contribution < -0.4 is 0 Å². The van der Waals surface area contributed by atoms with Crippen molar-refractivity contribution in [2.24, 2.45) is 0 Å². The molecule has 0 aromatic carbocycles. The van der Waals surface area contributed by atoms with Gasteiger partial charge in [0.1, 0.15) is 0 Å². The van der Waals surface area contributed by atoms with Crippen molar-refractivity contribution in [1.29, 1.82) is 0 Å². The zero-order chi connectivity index (χ0) is 28.5. The van der Waals surface area contributed by atoms with Crippen LogP contribution in [0.25, 0.3) is 0 Å². The fraction of sp³-hybridized carbons (Fsp3) is 0.933. The molecule has 1 unspecified atom stereocenters. The molecule has 7 heteroatoms. The molecule has 0 fully saturated rings. The van der Waals surface area contributed by atoms with Crippen molar-refractivity contribution in [2.75, 3.05) is 50.3 Å². The Bertz CT molecular complexity index is 617. The van der Waals surface area contributed by atoms with Crippen LogP contribution in [0.1, 0.15) is 125 Å². The Morgan fingerprint density at radius 1 is 0.568 bits per heavy atom. The molecule has 0 radical (unpaired) electrons. The fourth-order valence-electron chi connectivity index (χ4n) is 5.51. The second kappa shape index (κ2) is 17.5. The molecule has 0 aliphatic rings. The number of hydrogen-bond donors (Lipinski definition) is 1. The summed E-state index contributed by atoms with van der Waals surface area (Å²) in [4.78, 5) is 26.6. The number of hydrogen-bond acceptors (Lipinski definition) is 5. The molecule has 0 heterocycles. The Morgan fingerprint density at radius 2 is 0.838 bits per heavy atom. The first kappa shape index (κ1) is 36.8. The van der Waals surface area contributed by atoms with Gasteiger partial charge in [0, 0.05) is 0 Å². The van der Waals surface area contributed by atoms with Gasteiger partial charge in [0.25, 0.3) is 0 Å². The van der Waals surface area contributed by atoms with Crippen LogP contribution in [0.5, 0.6) is 0 Å². The molecule has 0 saturated heterocycles. The summed E-state index contributed by atoms with van der Waals surface area (Å²) in [6.45, 7) is 11.9. The van der Waals surface area contributed by atoms with Gasteiger partial charge in [0.15, 0.2) is 0 Å². The van der Waals surface area contributed by atoms with E-state index < -0.39 is 31.7 Å². The minimum absolute atomic E-state index is 0.309. The molecular formula is C30H64O5P2. The quantitative estimate of drug-likeness (QED) is 0.125. The number of unbranched alkanes of at least 4 members (excludes halogenated alkanes) is 6. The molecule has 0 aromatic rings. The van der Waals surface area contributed by atoms with Gasteiger partial charge >= 0.3 is 231 Å². The Balaban J connectivity index is 5.78. The number of rotatable bonds is 23. The minimum atomic E-state index is -2.80. The van der Waals surface area contributed by atoms with Gasteiger partial charge in [-0.3, -0.25) is 0 Å². The summed E-state index contributed by atoms with van der Waals surface area (Å²) in [5.74, 6) is -1.05. The summed E-state index contributed by atoms with van der Waals surface area (Å²) < 4.78 is 12.8. The Hall–Kier alpha value is -0.240. The van der Waals surface area contributed by atoms with E-state index in [2.05, 4.69) is 54.9 Å². The monoisotopic (exact) mass is 566 g/mol. The van der Waals surface area contributed by atoms with Crippen molar-refractivity contribution in [3.63, 3.8) is 0 Å².